The van der Waals surface area contributed by atoms with E-state index in [1.54, 1.807) is 6.07 Å². The highest BCUT2D eigenvalue weighted by Crippen LogP contribution is 2.26. The topological polar surface area (TPSA) is 53.1 Å². The van der Waals surface area contributed by atoms with Crippen LogP contribution in [0.3, 0.4) is 0 Å². The lowest BCUT2D eigenvalue weighted by molar-refractivity contribution is 0.475. The van der Waals surface area contributed by atoms with Crippen LogP contribution >= 0.6 is 0 Å². The molecule has 0 radical (unpaired) electrons. The van der Waals surface area contributed by atoms with E-state index in [0.29, 0.717) is 0 Å². The van der Waals surface area contributed by atoms with Gasteiger partial charge in [-0.15, -0.1) is 0 Å². The van der Waals surface area contributed by atoms with Crippen molar-refractivity contribution in [2.75, 3.05) is 0 Å². The molecular formula is C11H8FNO2. The third-order valence-corrected chi connectivity index (χ3v) is 2.07. The molecule has 4 heteroatoms. The minimum absolute atomic E-state index is 0.117. The number of aromatic nitrogens is 1. The molecule has 15 heavy (non-hydrogen) atoms. The Kier molecular flexibility index (Phi) is 2.25. The van der Waals surface area contributed by atoms with E-state index in [0.717, 1.165) is 12.1 Å². The molecule has 0 fully saturated rings. The maximum atomic E-state index is 12.9. The third kappa shape index (κ3) is 1.74. The summed E-state index contributed by atoms with van der Waals surface area (Å²) in [6.45, 7) is 0. The summed E-state index contributed by atoms with van der Waals surface area (Å²) in [5.74, 6) is -0.612. The van der Waals surface area contributed by atoms with Crippen molar-refractivity contribution in [1.82, 2.24) is 4.98 Å². The molecule has 1 heterocycles. The van der Waals surface area contributed by atoms with Crippen LogP contribution in [0.5, 0.6) is 5.75 Å². The fraction of sp³-hybridized carbons (Fsp3) is 0. The first kappa shape index (κ1) is 9.45. The fourth-order valence-electron chi connectivity index (χ4n) is 1.36. The molecule has 0 aliphatic heterocycles. The Balaban J connectivity index is 2.69. The molecule has 0 aliphatic carbocycles. The van der Waals surface area contributed by atoms with Crippen LogP contribution in [-0.2, 0) is 0 Å². The zero-order valence-corrected chi connectivity index (χ0v) is 7.70. The van der Waals surface area contributed by atoms with Crippen molar-refractivity contribution in [2.24, 2.45) is 0 Å². The van der Waals surface area contributed by atoms with Crippen LogP contribution in [0.4, 0.5) is 4.39 Å². The summed E-state index contributed by atoms with van der Waals surface area (Å²) >= 11 is 0. The summed E-state index contributed by atoms with van der Waals surface area (Å²) in [7, 11) is 0. The van der Waals surface area contributed by atoms with Crippen LogP contribution in [0.25, 0.3) is 11.1 Å². The zero-order valence-electron chi connectivity index (χ0n) is 7.70. The summed E-state index contributed by atoms with van der Waals surface area (Å²) < 4.78 is 12.9. The number of hydrogen-bond donors (Lipinski definition) is 2. The Morgan fingerprint density at radius 3 is 2.73 bits per heavy atom. The molecular weight excluding hydrogens is 197 g/mol. The predicted octanol–water partition coefficient (Wildman–Crippen LogP) is 1.89. The first-order valence-electron chi connectivity index (χ1n) is 4.35. The lowest BCUT2D eigenvalue weighted by Crippen LogP contribution is -2.07. The maximum Gasteiger partial charge on any atom is 0.255 e. The molecule has 2 aromatic rings. The van der Waals surface area contributed by atoms with Crippen LogP contribution in [0.1, 0.15) is 0 Å². The van der Waals surface area contributed by atoms with Crippen LogP contribution in [0.15, 0.2) is 41.3 Å². The number of rotatable bonds is 1. The van der Waals surface area contributed by atoms with Gasteiger partial charge in [-0.2, -0.15) is 0 Å². The fourth-order valence-corrected chi connectivity index (χ4v) is 1.36. The normalized spacial score (nSPS) is 10.2. The number of H-pyrrole nitrogens is 1. The minimum atomic E-state index is -0.494. The average Bonchev–Trinajstić information content (AvgIpc) is 2.23. The van der Waals surface area contributed by atoms with Crippen molar-refractivity contribution in [2.45, 2.75) is 0 Å². The summed E-state index contributed by atoms with van der Waals surface area (Å²) in [5.41, 5.74) is 0.0738. The molecule has 0 aliphatic rings. The number of benzene rings is 1. The predicted molar refractivity (Wildman–Crippen MR) is 54.1 cm³/mol. The van der Waals surface area contributed by atoms with Crippen molar-refractivity contribution in [3.8, 4) is 16.9 Å². The van der Waals surface area contributed by atoms with Crippen LogP contribution in [-0.4, -0.2) is 10.1 Å². The number of nitrogens with one attached hydrogen (secondary N) is 1. The van der Waals surface area contributed by atoms with E-state index in [1.165, 1.54) is 18.3 Å². The van der Waals surface area contributed by atoms with Gasteiger partial charge < -0.3 is 10.1 Å². The molecule has 2 N–H and O–H groups in total. The van der Waals surface area contributed by atoms with Crippen molar-refractivity contribution in [3.63, 3.8) is 0 Å². The van der Waals surface area contributed by atoms with Gasteiger partial charge in [-0.3, -0.25) is 4.79 Å². The second-order valence-corrected chi connectivity index (χ2v) is 3.07. The van der Waals surface area contributed by atoms with Gasteiger partial charge in [0.25, 0.3) is 5.56 Å². The van der Waals surface area contributed by atoms with E-state index in [4.69, 9.17) is 0 Å². The Hall–Kier alpha value is -2.10. The van der Waals surface area contributed by atoms with E-state index in [9.17, 15) is 14.3 Å². The lowest BCUT2D eigenvalue weighted by atomic mass is 10.1. The van der Waals surface area contributed by atoms with Gasteiger partial charge in [0.15, 0.2) is 0 Å². The van der Waals surface area contributed by atoms with E-state index < -0.39 is 5.82 Å². The van der Waals surface area contributed by atoms with E-state index >= 15 is 0 Å². The highest BCUT2D eigenvalue weighted by Gasteiger charge is 2.08. The van der Waals surface area contributed by atoms with Gasteiger partial charge >= 0.3 is 0 Å². The Morgan fingerprint density at radius 1 is 1.20 bits per heavy atom. The zero-order chi connectivity index (χ0) is 10.8. The molecule has 1 aromatic carbocycles. The number of halogens is 1. The van der Waals surface area contributed by atoms with Crippen LogP contribution in [0, 0.1) is 5.82 Å². The van der Waals surface area contributed by atoms with Gasteiger partial charge in [0.05, 0.1) is 5.56 Å². The molecule has 1 aromatic heterocycles. The van der Waals surface area contributed by atoms with E-state index in [2.05, 4.69) is 4.98 Å². The highest BCUT2D eigenvalue weighted by molar-refractivity contribution is 5.68. The smallest absolute Gasteiger partial charge is 0.255 e. The van der Waals surface area contributed by atoms with Gasteiger partial charge in [0.2, 0.25) is 0 Å². The standard InChI is InChI=1S/C11H8FNO2/c12-7-3-4-10(14)9(6-7)8-2-1-5-13-11(8)15/h1-6,14H,(H,13,15). The summed E-state index contributed by atoms with van der Waals surface area (Å²) in [6, 6.07) is 6.61. The van der Waals surface area contributed by atoms with Gasteiger partial charge in [0, 0.05) is 11.8 Å². The second kappa shape index (κ2) is 3.57. The van der Waals surface area contributed by atoms with E-state index in [-0.39, 0.29) is 22.4 Å². The van der Waals surface area contributed by atoms with Crippen LogP contribution in [0.2, 0.25) is 0 Å². The van der Waals surface area contributed by atoms with E-state index in [1.807, 2.05) is 0 Å². The maximum absolute atomic E-state index is 12.9. The number of hydrogen-bond acceptors (Lipinski definition) is 2. The first-order chi connectivity index (χ1) is 7.18. The minimum Gasteiger partial charge on any atom is -0.507 e. The molecule has 0 amide bonds. The molecule has 0 unspecified atom stereocenters. The Morgan fingerprint density at radius 2 is 2.00 bits per heavy atom. The number of aromatic hydroxyl groups is 1. The number of pyridine rings is 1. The highest BCUT2D eigenvalue weighted by atomic mass is 19.1. The quantitative estimate of drug-likeness (QED) is 0.746. The van der Waals surface area contributed by atoms with Crippen molar-refractivity contribution in [1.29, 1.82) is 0 Å². The van der Waals surface area contributed by atoms with Crippen molar-refractivity contribution >= 4 is 0 Å². The average molecular weight is 205 g/mol. The summed E-state index contributed by atoms with van der Waals surface area (Å²) in [6.07, 6.45) is 1.47. The first-order valence-corrected chi connectivity index (χ1v) is 4.35. The number of phenols is 1. The molecule has 0 spiro atoms. The number of aromatic amines is 1. The molecule has 2 rings (SSSR count). The van der Waals surface area contributed by atoms with Crippen molar-refractivity contribution in [3.05, 3.63) is 52.7 Å². The third-order valence-electron chi connectivity index (χ3n) is 2.07. The number of phenolic OH excluding ortho intramolecular Hbond substituents is 1. The van der Waals surface area contributed by atoms with Crippen LogP contribution < -0.4 is 5.56 Å². The molecule has 0 saturated carbocycles. The largest absolute Gasteiger partial charge is 0.507 e. The monoisotopic (exact) mass is 205 g/mol. The molecule has 0 bridgehead atoms. The van der Waals surface area contributed by atoms with Gasteiger partial charge in [-0.1, -0.05) is 0 Å². The summed E-state index contributed by atoms with van der Waals surface area (Å²) in [4.78, 5) is 13.8. The van der Waals surface area contributed by atoms with Gasteiger partial charge in [0.1, 0.15) is 11.6 Å². The molecule has 0 atom stereocenters. The molecule has 0 saturated heterocycles. The van der Waals surface area contributed by atoms with Gasteiger partial charge in [-0.05, 0) is 30.3 Å². The second-order valence-electron chi connectivity index (χ2n) is 3.07. The Bertz CT molecular complexity index is 548. The lowest BCUT2D eigenvalue weighted by Gasteiger charge is -2.03. The SMILES string of the molecule is O=c1[nH]cccc1-c1cc(F)ccc1O. The molecule has 76 valence electrons. The molecule has 3 nitrogen and oxygen atoms in total. The van der Waals surface area contributed by atoms with Crippen molar-refractivity contribution < 1.29 is 9.50 Å². The van der Waals surface area contributed by atoms with Gasteiger partial charge in [-0.25, -0.2) is 4.39 Å². The summed E-state index contributed by atoms with van der Waals surface area (Å²) in [5, 5.41) is 9.49. The Labute approximate surface area is 84.8 Å².